The number of carbonyl (C=O) groups excluding carboxylic acids is 1. The summed E-state index contributed by atoms with van der Waals surface area (Å²) in [7, 11) is 0. The number of hydrogen-bond acceptors (Lipinski definition) is 5. The average Bonchev–Trinajstić information content (AvgIpc) is 3.34. The van der Waals surface area contributed by atoms with Gasteiger partial charge in [0.1, 0.15) is 24.8 Å². The summed E-state index contributed by atoms with van der Waals surface area (Å²) in [5.41, 5.74) is 2.85. The van der Waals surface area contributed by atoms with Crippen LogP contribution in [0.25, 0.3) is 0 Å². The van der Waals surface area contributed by atoms with E-state index in [1.807, 2.05) is 19.9 Å². The Bertz CT molecular complexity index is 959. The largest absolute Gasteiger partial charge is 0.485 e. The van der Waals surface area contributed by atoms with Crippen LogP contribution in [0.1, 0.15) is 54.1 Å². The molecule has 2 heterocycles. The van der Waals surface area contributed by atoms with Crippen LogP contribution >= 0.6 is 0 Å². The van der Waals surface area contributed by atoms with Crippen LogP contribution in [0, 0.1) is 6.92 Å². The molecule has 1 aromatic carbocycles. The van der Waals surface area contributed by atoms with E-state index in [1.54, 1.807) is 29.2 Å². The molecule has 7 nitrogen and oxygen atoms in total. The summed E-state index contributed by atoms with van der Waals surface area (Å²) >= 11 is 0. The third-order valence-electron chi connectivity index (χ3n) is 4.37. The van der Waals surface area contributed by atoms with E-state index in [1.165, 1.54) is 0 Å². The van der Waals surface area contributed by atoms with Gasteiger partial charge in [-0.05, 0) is 49.1 Å². The fourth-order valence-corrected chi connectivity index (χ4v) is 2.85. The average molecular weight is 397 g/mol. The summed E-state index contributed by atoms with van der Waals surface area (Å²) < 4.78 is 18.5. The molecule has 0 atom stereocenters. The van der Waals surface area contributed by atoms with Gasteiger partial charge in [0.15, 0.2) is 5.76 Å². The zero-order valence-corrected chi connectivity index (χ0v) is 17.3. The van der Waals surface area contributed by atoms with Crippen molar-refractivity contribution in [3.63, 3.8) is 0 Å². The molecular formula is C22H27N3O4. The number of nitrogens with zero attached hydrogens (tertiary/aromatic N) is 2. The Labute approximate surface area is 170 Å². The van der Waals surface area contributed by atoms with Crippen molar-refractivity contribution in [2.45, 2.75) is 47.0 Å². The van der Waals surface area contributed by atoms with Crippen molar-refractivity contribution in [3.8, 4) is 5.75 Å². The molecule has 3 rings (SSSR count). The van der Waals surface area contributed by atoms with Crippen LogP contribution in [-0.4, -0.2) is 22.3 Å². The number of nitrogens with one attached hydrogen (secondary N) is 1. The maximum atomic E-state index is 12.4. The van der Waals surface area contributed by atoms with Crippen LogP contribution in [0.15, 0.2) is 47.1 Å². The summed E-state index contributed by atoms with van der Waals surface area (Å²) in [6.45, 7) is 9.39. The number of ether oxygens (including phenoxy) is 2. The van der Waals surface area contributed by atoms with Gasteiger partial charge in [0.25, 0.3) is 5.91 Å². The third-order valence-corrected chi connectivity index (χ3v) is 4.37. The molecule has 0 aliphatic carbocycles. The minimum absolute atomic E-state index is 0.217. The van der Waals surface area contributed by atoms with Crippen LogP contribution in [0.3, 0.4) is 0 Å². The van der Waals surface area contributed by atoms with E-state index < -0.39 is 0 Å². The van der Waals surface area contributed by atoms with Crippen LogP contribution in [0.2, 0.25) is 0 Å². The fourth-order valence-electron chi connectivity index (χ4n) is 2.85. The van der Waals surface area contributed by atoms with Gasteiger partial charge < -0.3 is 19.2 Å². The highest BCUT2D eigenvalue weighted by Crippen LogP contribution is 2.28. The van der Waals surface area contributed by atoms with Gasteiger partial charge in [-0.25, -0.2) is 4.68 Å². The second-order valence-electron chi connectivity index (χ2n) is 7.10. The number of aromatic nitrogens is 2. The van der Waals surface area contributed by atoms with E-state index in [-0.39, 0.29) is 18.3 Å². The van der Waals surface area contributed by atoms with E-state index in [0.29, 0.717) is 30.7 Å². The summed E-state index contributed by atoms with van der Waals surface area (Å²) in [6, 6.07) is 9.57. The molecule has 0 bridgehead atoms. The number of anilines is 1. The molecule has 0 saturated carbocycles. The van der Waals surface area contributed by atoms with E-state index in [9.17, 15) is 4.79 Å². The molecule has 1 amide bonds. The summed E-state index contributed by atoms with van der Waals surface area (Å²) in [4.78, 5) is 12.4. The smallest absolute Gasteiger partial charge is 0.291 e. The highest BCUT2D eigenvalue weighted by molar-refractivity contribution is 6.02. The Kier molecular flexibility index (Phi) is 6.72. The Morgan fingerprint density at radius 2 is 2.10 bits per heavy atom. The van der Waals surface area contributed by atoms with Crippen molar-refractivity contribution < 1.29 is 18.7 Å². The molecule has 1 N–H and O–H groups in total. The first-order valence-corrected chi connectivity index (χ1v) is 9.70. The van der Waals surface area contributed by atoms with Crippen molar-refractivity contribution in [1.82, 2.24) is 9.78 Å². The van der Waals surface area contributed by atoms with Crippen molar-refractivity contribution in [2.24, 2.45) is 0 Å². The first-order chi connectivity index (χ1) is 14.0. The molecule has 0 saturated heterocycles. The van der Waals surface area contributed by atoms with E-state index in [4.69, 9.17) is 13.9 Å². The van der Waals surface area contributed by atoms with E-state index in [0.717, 1.165) is 16.9 Å². The molecule has 0 fully saturated rings. The van der Waals surface area contributed by atoms with Crippen molar-refractivity contribution in [2.75, 3.05) is 11.9 Å². The number of rotatable bonds is 9. The van der Waals surface area contributed by atoms with Gasteiger partial charge in [-0.1, -0.05) is 26.0 Å². The first kappa shape index (κ1) is 20.7. The van der Waals surface area contributed by atoms with E-state index >= 15 is 0 Å². The standard InChI is InChI=1S/C22H27N3O4/c1-5-27-14-25-12-17(11-23-25)24-22(26)20-9-7-18(29-20)13-28-21-10-16(4)6-8-19(21)15(2)3/h6-12,15H,5,13-14H2,1-4H3,(H,24,26). The number of furan rings is 1. The van der Waals surface area contributed by atoms with Crippen LogP contribution < -0.4 is 10.1 Å². The maximum absolute atomic E-state index is 12.4. The highest BCUT2D eigenvalue weighted by Gasteiger charge is 2.14. The van der Waals surface area contributed by atoms with E-state index in [2.05, 4.69) is 36.4 Å². The Balaban J connectivity index is 1.60. The van der Waals surface area contributed by atoms with Crippen molar-refractivity contribution in [1.29, 1.82) is 0 Å². The Morgan fingerprint density at radius 1 is 1.28 bits per heavy atom. The third kappa shape index (κ3) is 5.48. The van der Waals surface area contributed by atoms with Crippen LogP contribution in [0.4, 0.5) is 5.69 Å². The molecule has 0 spiro atoms. The van der Waals surface area contributed by atoms with Gasteiger partial charge in [-0.15, -0.1) is 0 Å². The minimum Gasteiger partial charge on any atom is -0.485 e. The summed E-state index contributed by atoms with van der Waals surface area (Å²) in [5.74, 6) is 1.65. The zero-order chi connectivity index (χ0) is 20.8. The van der Waals surface area contributed by atoms with Gasteiger partial charge in [0.2, 0.25) is 0 Å². The highest BCUT2D eigenvalue weighted by atomic mass is 16.5. The van der Waals surface area contributed by atoms with Gasteiger partial charge in [-0.3, -0.25) is 4.79 Å². The number of benzene rings is 1. The fraction of sp³-hybridized carbons (Fsp3) is 0.364. The lowest BCUT2D eigenvalue weighted by Crippen LogP contribution is -2.10. The number of aryl methyl sites for hydroxylation is 1. The zero-order valence-electron chi connectivity index (χ0n) is 17.3. The molecule has 0 aliphatic heterocycles. The number of amides is 1. The normalized spacial score (nSPS) is 11.1. The second-order valence-corrected chi connectivity index (χ2v) is 7.10. The maximum Gasteiger partial charge on any atom is 0.291 e. The molecule has 7 heteroatoms. The molecule has 29 heavy (non-hydrogen) atoms. The lowest BCUT2D eigenvalue weighted by Gasteiger charge is -2.14. The van der Waals surface area contributed by atoms with Crippen LogP contribution in [0.5, 0.6) is 5.75 Å². The molecule has 3 aromatic rings. The Hall–Kier alpha value is -3.06. The van der Waals surface area contributed by atoms with Crippen LogP contribution in [-0.2, 0) is 18.1 Å². The van der Waals surface area contributed by atoms with Gasteiger partial charge >= 0.3 is 0 Å². The SMILES string of the molecule is CCOCn1cc(NC(=O)c2ccc(COc3cc(C)ccc3C(C)C)o2)cn1. The molecule has 154 valence electrons. The Morgan fingerprint density at radius 3 is 2.86 bits per heavy atom. The predicted octanol–water partition coefficient (Wildman–Crippen LogP) is 4.73. The topological polar surface area (TPSA) is 78.5 Å². The van der Waals surface area contributed by atoms with Gasteiger partial charge in [0.05, 0.1) is 18.1 Å². The van der Waals surface area contributed by atoms with Gasteiger partial charge in [-0.2, -0.15) is 5.10 Å². The summed E-state index contributed by atoms with van der Waals surface area (Å²) in [5, 5.41) is 6.89. The molecule has 0 aliphatic rings. The predicted molar refractivity (Wildman–Crippen MR) is 110 cm³/mol. The quantitative estimate of drug-likeness (QED) is 0.564. The number of carbonyl (C=O) groups is 1. The molecule has 0 radical (unpaired) electrons. The molecule has 2 aromatic heterocycles. The van der Waals surface area contributed by atoms with Gasteiger partial charge in [0, 0.05) is 6.61 Å². The number of hydrogen-bond donors (Lipinski definition) is 1. The lowest BCUT2D eigenvalue weighted by molar-refractivity contribution is 0.0792. The monoisotopic (exact) mass is 397 g/mol. The molecule has 0 unspecified atom stereocenters. The minimum atomic E-state index is -0.342. The van der Waals surface area contributed by atoms with Crippen molar-refractivity contribution >= 4 is 11.6 Å². The molecular weight excluding hydrogens is 370 g/mol. The second kappa shape index (κ2) is 9.43. The first-order valence-electron chi connectivity index (χ1n) is 9.70. The lowest BCUT2D eigenvalue weighted by atomic mass is 10.0. The summed E-state index contributed by atoms with van der Waals surface area (Å²) in [6.07, 6.45) is 3.26. The van der Waals surface area contributed by atoms with Crippen molar-refractivity contribution in [3.05, 3.63) is 65.4 Å².